The van der Waals surface area contributed by atoms with Gasteiger partial charge in [0.1, 0.15) is 10.6 Å². The Morgan fingerprint density at radius 1 is 1.12 bits per heavy atom. The topological polar surface area (TPSA) is 81.4 Å². The van der Waals surface area contributed by atoms with Gasteiger partial charge in [0.25, 0.3) is 0 Å². The molecule has 0 radical (unpaired) electrons. The van der Waals surface area contributed by atoms with Crippen LogP contribution in [0.5, 0.6) is 5.75 Å². The van der Waals surface area contributed by atoms with Gasteiger partial charge < -0.3 is 10.1 Å². The summed E-state index contributed by atoms with van der Waals surface area (Å²) in [5.74, 6) is 0.265. The number of rotatable bonds is 7. The van der Waals surface area contributed by atoms with Crippen molar-refractivity contribution in [2.75, 3.05) is 7.11 Å². The zero-order chi connectivity index (χ0) is 18.9. The van der Waals surface area contributed by atoms with Crippen molar-refractivity contribution in [1.82, 2.24) is 5.32 Å². The summed E-state index contributed by atoms with van der Waals surface area (Å²) in [5, 5.41) is 8.67. The van der Waals surface area contributed by atoms with Crippen LogP contribution in [0.25, 0.3) is 0 Å². The minimum Gasteiger partial charge on any atom is -0.495 e. The molecule has 136 valence electrons. The van der Waals surface area contributed by atoms with E-state index in [1.807, 2.05) is 24.3 Å². The lowest BCUT2D eigenvalue weighted by Crippen LogP contribution is -2.27. The third kappa shape index (κ3) is 6.70. The standard InChI is InChI=1S/C17H22N2O3S.C2H4/c1-13(19-12-14-6-4-3-5-7-14)10-15-8-9-16(22-2)17(11-15)23(18,20)21;1-2/h3-9,11,13,19H,10,12H2,1-2H3,(H2,18,20,21);1-2H2/t13-;/m1./s1. The summed E-state index contributed by atoms with van der Waals surface area (Å²) in [6, 6.07) is 15.4. The Balaban J connectivity index is 0.00000151. The summed E-state index contributed by atoms with van der Waals surface area (Å²) in [6.45, 7) is 8.82. The Morgan fingerprint density at radius 3 is 2.32 bits per heavy atom. The molecule has 0 aliphatic heterocycles. The molecule has 25 heavy (non-hydrogen) atoms. The molecule has 0 bridgehead atoms. The Kier molecular flexibility index (Phi) is 8.34. The van der Waals surface area contributed by atoms with Crippen molar-refractivity contribution >= 4 is 10.0 Å². The lowest BCUT2D eigenvalue weighted by Gasteiger charge is -2.15. The second-order valence-electron chi connectivity index (χ2n) is 5.50. The number of hydrogen-bond donors (Lipinski definition) is 2. The molecule has 0 aliphatic rings. The maximum absolute atomic E-state index is 11.6. The monoisotopic (exact) mass is 362 g/mol. The highest BCUT2D eigenvalue weighted by Crippen LogP contribution is 2.24. The molecule has 1 atom stereocenters. The van der Waals surface area contributed by atoms with Crippen molar-refractivity contribution in [2.45, 2.75) is 30.8 Å². The lowest BCUT2D eigenvalue weighted by atomic mass is 10.1. The van der Waals surface area contributed by atoms with Crippen molar-refractivity contribution in [3.05, 3.63) is 72.8 Å². The Hall–Kier alpha value is -2.15. The van der Waals surface area contributed by atoms with Crippen LogP contribution in [0.3, 0.4) is 0 Å². The number of hydrogen-bond acceptors (Lipinski definition) is 4. The fraction of sp³-hybridized carbons (Fsp3) is 0.263. The highest BCUT2D eigenvalue weighted by molar-refractivity contribution is 7.89. The molecule has 2 rings (SSSR count). The number of primary sulfonamides is 1. The van der Waals surface area contributed by atoms with Gasteiger partial charge in [-0.2, -0.15) is 0 Å². The van der Waals surface area contributed by atoms with Crippen LogP contribution in [0.15, 0.2) is 66.6 Å². The minimum absolute atomic E-state index is 0.0211. The summed E-state index contributed by atoms with van der Waals surface area (Å²) >= 11 is 0. The maximum Gasteiger partial charge on any atom is 0.241 e. The van der Waals surface area contributed by atoms with Crippen molar-refractivity contribution in [1.29, 1.82) is 0 Å². The summed E-state index contributed by atoms with van der Waals surface area (Å²) in [7, 11) is -2.38. The molecule has 5 nitrogen and oxygen atoms in total. The lowest BCUT2D eigenvalue weighted by molar-refractivity contribution is 0.402. The van der Waals surface area contributed by atoms with Crippen LogP contribution in [0, 0.1) is 0 Å². The number of nitrogens with two attached hydrogens (primary N) is 1. The molecule has 2 aromatic rings. The summed E-state index contributed by atoms with van der Waals surface area (Å²) < 4.78 is 28.3. The highest BCUT2D eigenvalue weighted by atomic mass is 32.2. The third-order valence-corrected chi connectivity index (χ3v) is 4.51. The molecular formula is C19H26N2O3S. The third-order valence-electron chi connectivity index (χ3n) is 3.57. The van der Waals surface area contributed by atoms with E-state index >= 15 is 0 Å². The van der Waals surface area contributed by atoms with Crippen LogP contribution in [0.4, 0.5) is 0 Å². The van der Waals surface area contributed by atoms with E-state index < -0.39 is 10.0 Å². The fourth-order valence-corrected chi connectivity index (χ4v) is 3.13. The second kappa shape index (κ2) is 9.98. The van der Waals surface area contributed by atoms with E-state index in [9.17, 15) is 8.42 Å². The van der Waals surface area contributed by atoms with Gasteiger partial charge in [0.05, 0.1) is 7.11 Å². The Labute approximate surface area is 150 Å². The number of benzene rings is 2. The predicted molar refractivity (Wildman–Crippen MR) is 102 cm³/mol. The van der Waals surface area contributed by atoms with Crippen LogP contribution in [-0.4, -0.2) is 21.6 Å². The molecule has 0 aliphatic carbocycles. The summed E-state index contributed by atoms with van der Waals surface area (Å²) in [6.07, 6.45) is 0.694. The predicted octanol–water partition coefficient (Wildman–Crippen LogP) is 2.87. The number of methoxy groups -OCH3 is 1. The van der Waals surface area contributed by atoms with E-state index in [1.54, 1.807) is 12.1 Å². The molecule has 3 N–H and O–H groups in total. The minimum atomic E-state index is -3.80. The number of sulfonamides is 1. The molecule has 0 aromatic heterocycles. The summed E-state index contributed by atoms with van der Waals surface area (Å²) in [4.78, 5) is 0.0211. The van der Waals surface area contributed by atoms with Crippen molar-refractivity contribution in [2.24, 2.45) is 5.14 Å². The van der Waals surface area contributed by atoms with Gasteiger partial charge in [-0.25, -0.2) is 13.6 Å². The smallest absolute Gasteiger partial charge is 0.241 e. The molecule has 0 saturated heterocycles. The van der Waals surface area contributed by atoms with Gasteiger partial charge in [0.2, 0.25) is 10.0 Å². The normalized spacial score (nSPS) is 12.0. The van der Waals surface area contributed by atoms with Gasteiger partial charge in [-0.3, -0.25) is 0 Å². The first kappa shape index (κ1) is 20.9. The van der Waals surface area contributed by atoms with Gasteiger partial charge in [0, 0.05) is 12.6 Å². The van der Waals surface area contributed by atoms with Crippen molar-refractivity contribution < 1.29 is 13.2 Å². The van der Waals surface area contributed by atoms with E-state index in [-0.39, 0.29) is 16.7 Å². The van der Waals surface area contributed by atoms with E-state index in [0.29, 0.717) is 6.42 Å². The first-order chi connectivity index (χ1) is 11.9. The van der Waals surface area contributed by atoms with Crippen molar-refractivity contribution in [3.8, 4) is 5.75 Å². The Morgan fingerprint density at radius 2 is 1.76 bits per heavy atom. The highest BCUT2D eigenvalue weighted by Gasteiger charge is 2.16. The average Bonchev–Trinajstić information content (AvgIpc) is 2.62. The van der Waals surface area contributed by atoms with Crippen LogP contribution < -0.4 is 15.2 Å². The molecule has 0 saturated carbocycles. The maximum atomic E-state index is 11.6. The SMILES string of the molecule is C=C.COc1ccc(C[C@@H](C)NCc2ccccc2)cc1S(N)(=O)=O. The number of ether oxygens (including phenoxy) is 1. The van der Waals surface area contributed by atoms with Crippen LogP contribution in [0.1, 0.15) is 18.1 Å². The summed E-state index contributed by atoms with van der Waals surface area (Å²) in [5.41, 5.74) is 2.10. The van der Waals surface area contributed by atoms with Crippen LogP contribution in [-0.2, 0) is 23.0 Å². The zero-order valence-electron chi connectivity index (χ0n) is 14.7. The zero-order valence-corrected chi connectivity index (χ0v) is 15.6. The van der Waals surface area contributed by atoms with Gasteiger partial charge >= 0.3 is 0 Å². The van der Waals surface area contributed by atoms with E-state index in [1.165, 1.54) is 12.7 Å². The molecule has 2 aromatic carbocycles. The first-order valence-corrected chi connectivity index (χ1v) is 9.42. The van der Waals surface area contributed by atoms with Crippen LogP contribution >= 0.6 is 0 Å². The molecule has 0 unspecified atom stereocenters. The fourth-order valence-electron chi connectivity index (χ4n) is 2.38. The molecule has 0 spiro atoms. The van der Waals surface area contributed by atoms with Crippen LogP contribution in [0.2, 0.25) is 0 Å². The van der Waals surface area contributed by atoms with Gasteiger partial charge in [-0.1, -0.05) is 36.4 Å². The van der Waals surface area contributed by atoms with Gasteiger partial charge in [0.15, 0.2) is 0 Å². The molecule has 0 heterocycles. The van der Waals surface area contributed by atoms with E-state index in [2.05, 4.69) is 37.5 Å². The second-order valence-corrected chi connectivity index (χ2v) is 7.03. The Bertz CT molecular complexity index is 761. The van der Waals surface area contributed by atoms with Crippen molar-refractivity contribution in [3.63, 3.8) is 0 Å². The number of nitrogens with one attached hydrogen (secondary N) is 1. The quantitative estimate of drug-likeness (QED) is 0.742. The van der Waals surface area contributed by atoms with Gasteiger partial charge in [-0.05, 0) is 36.6 Å². The molecule has 6 heteroatoms. The molecular weight excluding hydrogens is 336 g/mol. The molecule has 0 fully saturated rings. The van der Waals surface area contributed by atoms with E-state index in [4.69, 9.17) is 9.88 Å². The molecule has 0 amide bonds. The largest absolute Gasteiger partial charge is 0.495 e. The average molecular weight is 362 g/mol. The van der Waals surface area contributed by atoms with Gasteiger partial charge in [-0.15, -0.1) is 13.2 Å². The first-order valence-electron chi connectivity index (χ1n) is 7.87. The van der Waals surface area contributed by atoms with E-state index in [0.717, 1.165) is 12.1 Å².